The normalized spacial score (nSPS) is 10.6. The number of rotatable bonds is 7. The summed E-state index contributed by atoms with van der Waals surface area (Å²) in [5.41, 5.74) is 2.11. The average Bonchev–Trinajstić information content (AvgIpc) is 3.10. The number of amides is 2. The van der Waals surface area contributed by atoms with Crippen LogP contribution in [-0.4, -0.2) is 23.5 Å². The van der Waals surface area contributed by atoms with Crippen molar-refractivity contribution in [1.29, 1.82) is 0 Å². The number of carbonyl (C=O) groups is 2. The summed E-state index contributed by atoms with van der Waals surface area (Å²) in [5.74, 6) is 0.307. The van der Waals surface area contributed by atoms with Crippen molar-refractivity contribution < 1.29 is 14.1 Å². The summed E-state index contributed by atoms with van der Waals surface area (Å²) in [4.78, 5) is 24.4. The van der Waals surface area contributed by atoms with Gasteiger partial charge in [0.2, 0.25) is 11.8 Å². The number of anilines is 1. The molecule has 0 aliphatic rings. The highest BCUT2D eigenvalue weighted by atomic mass is 16.5. The lowest BCUT2D eigenvalue weighted by atomic mass is 9.88. The molecule has 0 spiro atoms. The number of benzene rings is 2. The fourth-order valence-electron chi connectivity index (χ4n) is 2.85. The summed E-state index contributed by atoms with van der Waals surface area (Å²) >= 11 is 0. The third-order valence-corrected chi connectivity index (χ3v) is 4.13. The van der Waals surface area contributed by atoms with Crippen molar-refractivity contribution in [1.82, 2.24) is 10.5 Å². The van der Waals surface area contributed by atoms with Gasteiger partial charge in [-0.05, 0) is 18.1 Å². The first-order valence-electron chi connectivity index (χ1n) is 8.71. The van der Waals surface area contributed by atoms with E-state index >= 15 is 0 Å². The fraction of sp³-hybridized carbons (Fsp3) is 0.190. The molecule has 0 aliphatic heterocycles. The number of carbonyl (C=O) groups excluding carboxylic acids is 2. The van der Waals surface area contributed by atoms with Crippen molar-refractivity contribution in [3.8, 4) is 0 Å². The van der Waals surface area contributed by atoms with Crippen molar-refractivity contribution in [2.75, 3.05) is 11.9 Å². The van der Waals surface area contributed by atoms with Crippen molar-refractivity contribution >= 4 is 17.6 Å². The Bertz CT molecular complexity index is 852. The zero-order valence-corrected chi connectivity index (χ0v) is 15.0. The Hall–Kier alpha value is -3.41. The van der Waals surface area contributed by atoms with Crippen LogP contribution in [0.4, 0.5) is 5.82 Å². The molecule has 6 heteroatoms. The Morgan fingerprint density at radius 3 is 2.07 bits per heavy atom. The van der Waals surface area contributed by atoms with Crippen molar-refractivity contribution in [2.24, 2.45) is 0 Å². The predicted molar refractivity (Wildman–Crippen MR) is 102 cm³/mol. The van der Waals surface area contributed by atoms with Gasteiger partial charge in [0.05, 0.1) is 6.54 Å². The zero-order valence-electron chi connectivity index (χ0n) is 15.0. The second kappa shape index (κ2) is 8.80. The van der Waals surface area contributed by atoms with Crippen LogP contribution in [0.15, 0.2) is 71.3 Å². The molecule has 6 nitrogen and oxygen atoms in total. The van der Waals surface area contributed by atoms with E-state index in [1.165, 1.54) is 0 Å². The molecule has 0 fully saturated rings. The Morgan fingerprint density at radius 2 is 1.56 bits per heavy atom. The molecule has 3 rings (SSSR count). The summed E-state index contributed by atoms with van der Waals surface area (Å²) in [7, 11) is 0. The molecule has 0 saturated heterocycles. The van der Waals surface area contributed by atoms with E-state index in [-0.39, 0.29) is 30.7 Å². The number of hydrogen-bond donors (Lipinski definition) is 2. The Morgan fingerprint density at radius 1 is 0.963 bits per heavy atom. The van der Waals surface area contributed by atoms with E-state index in [1.807, 2.05) is 60.7 Å². The van der Waals surface area contributed by atoms with Gasteiger partial charge in [0, 0.05) is 18.4 Å². The van der Waals surface area contributed by atoms with E-state index in [9.17, 15) is 9.59 Å². The standard InChI is InChI=1S/C21H21N3O3/c1-15-12-19(24-27-15)23-21(26)14-22-20(25)13-18(16-8-4-2-5-9-16)17-10-6-3-7-11-17/h2-12,18H,13-14H2,1H3,(H,22,25)(H,23,24,26). The minimum absolute atomic E-state index is 0.0753. The SMILES string of the molecule is Cc1cc(NC(=O)CNC(=O)CC(c2ccccc2)c2ccccc2)no1. The Labute approximate surface area is 157 Å². The molecule has 0 radical (unpaired) electrons. The summed E-state index contributed by atoms with van der Waals surface area (Å²) < 4.78 is 4.89. The van der Waals surface area contributed by atoms with Crippen LogP contribution in [0.2, 0.25) is 0 Å². The average molecular weight is 363 g/mol. The lowest BCUT2D eigenvalue weighted by Crippen LogP contribution is -2.33. The highest BCUT2D eigenvalue weighted by Gasteiger charge is 2.18. The molecule has 0 aliphatic carbocycles. The molecular formula is C21H21N3O3. The summed E-state index contributed by atoms with van der Waals surface area (Å²) in [6.07, 6.45) is 0.254. The molecule has 138 valence electrons. The quantitative estimate of drug-likeness (QED) is 0.675. The van der Waals surface area contributed by atoms with Crippen molar-refractivity contribution in [2.45, 2.75) is 19.3 Å². The second-order valence-corrected chi connectivity index (χ2v) is 6.23. The van der Waals surface area contributed by atoms with E-state index in [4.69, 9.17) is 4.52 Å². The minimum Gasteiger partial charge on any atom is -0.360 e. The van der Waals surface area contributed by atoms with Crippen LogP contribution >= 0.6 is 0 Å². The molecule has 0 bridgehead atoms. The van der Waals surface area contributed by atoms with Gasteiger partial charge in [0.15, 0.2) is 5.82 Å². The van der Waals surface area contributed by atoms with Crippen LogP contribution in [0.3, 0.4) is 0 Å². The number of aryl methyl sites for hydroxylation is 1. The molecule has 3 aromatic rings. The van der Waals surface area contributed by atoms with Gasteiger partial charge in [-0.1, -0.05) is 65.8 Å². The maximum Gasteiger partial charge on any atom is 0.245 e. The van der Waals surface area contributed by atoms with Crippen LogP contribution in [0.25, 0.3) is 0 Å². The summed E-state index contributed by atoms with van der Waals surface area (Å²) in [5, 5.41) is 8.94. The Balaban J connectivity index is 1.60. The number of nitrogens with one attached hydrogen (secondary N) is 2. The molecule has 1 aromatic heterocycles. The maximum absolute atomic E-state index is 12.4. The van der Waals surface area contributed by atoms with Crippen LogP contribution in [0, 0.1) is 6.92 Å². The Kier molecular flexibility index (Phi) is 5.99. The van der Waals surface area contributed by atoms with Gasteiger partial charge >= 0.3 is 0 Å². The first-order valence-corrected chi connectivity index (χ1v) is 8.71. The van der Waals surface area contributed by atoms with Gasteiger partial charge in [-0.2, -0.15) is 0 Å². The smallest absolute Gasteiger partial charge is 0.245 e. The van der Waals surface area contributed by atoms with E-state index in [0.717, 1.165) is 11.1 Å². The summed E-state index contributed by atoms with van der Waals surface area (Å²) in [6.45, 7) is 1.61. The predicted octanol–water partition coefficient (Wildman–Crippen LogP) is 3.26. The molecule has 2 N–H and O–H groups in total. The summed E-state index contributed by atoms with van der Waals surface area (Å²) in [6, 6.07) is 21.3. The molecule has 27 heavy (non-hydrogen) atoms. The van der Waals surface area contributed by atoms with E-state index in [2.05, 4.69) is 15.8 Å². The minimum atomic E-state index is -0.354. The monoisotopic (exact) mass is 363 g/mol. The first kappa shape index (κ1) is 18.4. The third-order valence-electron chi connectivity index (χ3n) is 4.13. The van der Waals surface area contributed by atoms with Gasteiger partial charge in [0.1, 0.15) is 5.76 Å². The number of hydrogen-bond acceptors (Lipinski definition) is 4. The van der Waals surface area contributed by atoms with Gasteiger partial charge in [-0.25, -0.2) is 0 Å². The van der Waals surface area contributed by atoms with Gasteiger partial charge < -0.3 is 15.2 Å². The van der Waals surface area contributed by atoms with Crippen LogP contribution in [0.1, 0.15) is 29.2 Å². The second-order valence-electron chi connectivity index (χ2n) is 6.23. The van der Waals surface area contributed by atoms with E-state index in [0.29, 0.717) is 11.6 Å². The van der Waals surface area contributed by atoms with E-state index < -0.39 is 0 Å². The lowest BCUT2D eigenvalue weighted by Gasteiger charge is -2.17. The van der Waals surface area contributed by atoms with Crippen molar-refractivity contribution in [3.63, 3.8) is 0 Å². The first-order chi connectivity index (χ1) is 13.1. The topological polar surface area (TPSA) is 84.2 Å². The zero-order chi connectivity index (χ0) is 19.1. The maximum atomic E-state index is 12.4. The third kappa shape index (κ3) is 5.28. The van der Waals surface area contributed by atoms with Crippen LogP contribution < -0.4 is 10.6 Å². The molecule has 2 amide bonds. The highest BCUT2D eigenvalue weighted by molar-refractivity contribution is 5.93. The van der Waals surface area contributed by atoms with Crippen LogP contribution in [-0.2, 0) is 9.59 Å². The number of nitrogens with zero attached hydrogens (tertiary/aromatic N) is 1. The van der Waals surface area contributed by atoms with E-state index in [1.54, 1.807) is 13.0 Å². The molecule has 1 heterocycles. The van der Waals surface area contributed by atoms with Gasteiger partial charge in [0.25, 0.3) is 0 Å². The highest BCUT2D eigenvalue weighted by Crippen LogP contribution is 2.27. The van der Waals surface area contributed by atoms with Gasteiger partial charge in [-0.15, -0.1) is 0 Å². The fourth-order valence-corrected chi connectivity index (χ4v) is 2.85. The molecule has 2 aromatic carbocycles. The largest absolute Gasteiger partial charge is 0.360 e. The number of aromatic nitrogens is 1. The van der Waals surface area contributed by atoms with Crippen LogP contribution in [0.5, 0.6) is 0 Å². The lowest BCUT2D eigenvalue weighted by molar-refractivity contribution is -0.124. The molecule has 0 saturated carbocycles. The molecule has 0 atom stereocenters. The van der Waals surface area contributed by atoms with Crippen molar-refractivity contribution in [3.05, 3.63) is 83.6 Å². The molecular weight excluding hydrogens is 342 g/mol. The molecule has 0 unspecified atom stereocenters. The van der Waals surface area contributed by atoms with Gasteiger partial charge in [-0.3, -0.25) is 9.59 Å².